The first-order valence-corrected chi connectivity index (χ1v) is 11.1. The van der Waals surface area contributed by atoms with Gasteiger partial charge >= 0.3 is 6.18 Å². The zero-order valence-corrected chi connectivity index (χ0v) is 18.7. The van der Waals surface area contributed by atoms with E-state index in [-0.39, 0.29) is 23.6 Å². The van der Waals surface area contributed by atoms with Gasteiger partial charge in [0.1, 0.15) is 12.2 Å². The molecule has 2 aliphatic rings. The van der Waals surface area contributed by atoms with Gasteiger partial charge in [0.05, 0.1) is 12.1 Å². The Hall–Kier alpha value is -3.16. The Morgan fingerprint density at radius 2 is 1.91 bits per heavy atom. The number of amides is 1. The lowest BCUT2D eigenvalue weighted by Crippen LogP contribution is -2.30. The summed E-state index contributed by atoms with van der Waals surface area (Å²) in [6, 6.07) is 10.2. The van der Waals surface area contributed by atoms with Gasteiger partial charge in [-0.2, -0.15) is 13.2 Å². The Kier molecular flexibility index (Phi) is 5.06. The first-order valence-electron chi connectivity index (χ1n) is 11.1. The third kappa shape index (κ3) is 3.71. The molecule has 1 fully saturated rings. The van der Waals surface area contributed by atoms with Crippen molar-refractivity contribution in [2.75, 3.05) is 4.90 Å². The van der Waals surface area contributed by atoms with Crippen molar-refractivity contribution in [3.63, 3.8) is 0 Å². The molecule has 3 aromatic rings. The second kappa shape index (κ2) is 7.71. The first-order chi connectivity index (χ1) is 15.6. The largest absolute Gasteiger partial charge is 0.416 e. The minimum atomic E-state index is -4.51. The van der Waals surface area contributed by atoms with Crippen molar-refractivity contribution >= 4 is 11.6 Å². The zero-order valence-electron chi connectivity index (χ0n) is 18.7. The van der Waals surface area contributed by atoms with E-state index in [1.54, 1.807) is 25.4 Å². The van der Waals surface area contributed by atoms with Crippen LogP contribution in [0.15, 0.2) is 42.7 Å². The molecule has 5 nitrogen and oxygen atoms in total. The fourth-order valence-corrected chi connectivity index (χ4v) is 5.34. The molecule has 2 heterocycles. The molecule has 0 N–H and O–H groups in total. The molecule has 1 aliphatic carbocycles. The molecular weight excluding hydrogens is 429 g/mol. The molecule has 33 heavy (non-hydrogen) atoms. The maximum atomic E-state index is 13.7. The van der Waals surface area contributed by atoms with E-state index in [4.69, 9.17) is 0 Å². The normalized spacial score (nSPS) is 21.2. The Balaban J connectivity index is 1.53. The quantitative estimate of drug-likeness (QED) is 0.525. The number of aryl methyl sites for hydroxylation is 2. The Morgan fingerprint density at radius 3 is 2.55 bits per heavy atom. The van der Waals surface area contributed by atoms with E-state index in [0.29, 0.717) is 23.1 Å². The van der Waals surface area contributed by atoms with Gasteiger partial charge in [0, 0.05) is 24.2 Å². The lowest BCUT2D eigenvalue weighted by Gasteiger charge is -2.38. The van der Waals surface area contributed by atoms with Gasteiger partial charge in [-0.3, -0.25) is 4.79 Å². The molecule has 1 unspecified atom stereocenters. The number of nitrogens with zero attached hydrogens (tertiary/aromatic N) is 4. The third-order valence-corrected chi connectivity index (χ3v) is 6.94. The number of alkyl halides is 3. The van der Waals surface area contributed by atoms with E-state index in [1.807, 2.05) is 29.8 Å². The Bertz CT molecular complexity index is 1230. The van der Waals surface area contributed by atoms with Crippen molar-refractivity contribution in [2.24, 2.45) is 18.9 Å². The fourth-order valence-electron chi connectivity index (χ4n) is 5.34. The molecule has 0 bridgehead atoms. The number of anilines is 1. The van der Waals surface area contributed by atoms with Crippen LogP contribution in [-0.2, 0) is 19.8 Å². The van der Waals surface area contributed by atoms with E-state index < -0.39 is 17.6 Å². The summed E-state index contributed by atoms with van der Waals surface area (Å²) in [6.07, 6.45) is -0.685. The van der Waals surface area contributed by atoms with Gasteiger partial charge in [-0.15, -0.1) is 10.2 Å². The second-order valence-corrected chi connectivity index (χ2v) is 9.44. The maximum absolute atomic E-state index is 13.7. The van der Waals surface area contributed by atoms with E-state index in [9.17, 15) is 18.0 Å². The lowest BCUT2D eigenvalue weighted by atomic mass is 9.67. The predicted octanol–water partition coefficient (Wildman–Crippen LogP) is 5.48. The summed E-state index contributed by atoms with van der Waals surface area (Å²) in [5.74, 6) is 1.53. The van der Waals surface area contributed by atoms with Gasteiger partial charge in [-0.1, -0.05) is 19.1 Å². The molecule has 1 amide bonds. The first kappa shape index (κ1) is 21.7. The van der Waals surface area contributed by atoms with Crippen LogP contribution in [0, 0.1) is 18.8 Å². The van der Waals surface area contributed by atoms with E-state index in [2.05, 4.69) is 17.1 Å². The number of rotatable bonds is 4. The van der Waals surface area contributed by atoms with Gasteiger partial charge < -0.3 is 9.47 Å². The van der Waals surface area contributed by atoms with Gasteiger partial charge in [-0.05, 0) is 72.6 Å². The number of aromatic nitrogens is 3. The highest BCUT2D eigenvalue weighted by molar-refractivity contribution is 6.10. The fraction of sp³-hybridized carbons (Fsp3) is 0.400. The van der Waals surface area contributed by atoms with Crippen LogP contribution in [0.5, 0.6) is 0 Å². The predicted molar refractivity (Wildman–Crippen MR) is 118 cm³/mol. The molecule has 172 valence electrons. The molecule has 8 heteroatoms. The number of halogens is 3. The van der Waals surface area contributed by atoms with Crippen LogP contribution in [0.2, 0.25) is 0 Å². The van der Waals surface area contributed by atoms with E-state index in [0.717, 1.165) is 30.3 Å². The van der Waals surface area contributed by atoms with Crippen molar-refractivity contribution in [1.82, 2.24) is 14.8 Å². The van der Waals surface area contributed by atoms with Crippen LogP contribution in [-0.4, -0.2) is 20.7 Å². The standard InChI is InChI=1S/C25H25F3N4O/c1-14-7-17(8-14)22(23-30-29-13-31(23)3)16-5-4-6-18(11-16)32-12-20-19(24(32)33)9-15(2)10-21(20)25(26,27)28/h4-6,9-11,13-14,17,22H,7-8,12H2,1-3H3. The minimum absolute atomic E-state index is 0.0155. The molecular formula is C25H25F3N4O. The number of carbonyl (C=O) groups is 1. The van der Waals surface area contributed by atoms with Gasteiger partial charge in [-0.25, -0.2) is 0 Å². The van der Waals surface area contributed by atoms with Crippen LogP contribution in [0.25, 0.3) is 0 Å². The van der Waals surface area contributed by atoms with Crippen molar-refractivity contribution in [3.05, 3.63) is 76.4 Å². The Morgan fingerprint density at radius 1 is 1.15 bits per heavy atom. The maximum Gasteiger partial charge on any atom is 0.416 e. The molecule has 1 aromatic heterocycles. The van der Waals surface area contributed by atoms with Crippen molar-refractivity contribution < 1.29 is 18.0 Å². The van der Waals surface area contributed by atoms with Gasteiger partial charge in [0.25, 0.3) is 5.91 Å². The summed E-state index contributed by atoms with van der Waals surface area (Å²) in [6.45, 7) is 3.71. The number of hydrogen-bond donors (Lipinski definition) is 0. The van der Waals surface area contributed by atoms with E-state index in [1.165, 1.54) is 4.90 Å². The van der Waals surface area contributed by atoms with Crippen molar-refractivity contribution in [3.8, 4) is 0 Å². The topological polar surface area (TPSA) is 51.0 Å². The van der Waals surface area contributed by atoms with Gasteiger partial charge in [0.2, 0.25) is 0 Å². The van der Waals surface area contributed by atoms with Crippen LogP contribution >= 0.6 is 0 Å². The van der Waals surface area contributed by atoms with Crippen molar-refractivity contribution in [2.45, 2.75) is 45.3 Å². The molecule has 0 radical (unpaired) electrons. The third-order valence-electron chi connectivity index (χ3n) is 6.94. The summed E-state index contributed by atoms with van der Waals surface area (Å²) in [7, 11) is 1.91. The summed E-state index contributed by atoms with van der Waals surface area (Å²) in [5.41, 5.74) is 1.46. The van der Waals surface area contributed by atoms with Gasteiger partial charge in [0.15, 0.2) is 0 Å². The summed E-state index contributed by atoms with van der Waals surface area (Å²) in [5, 5.41) is 8.40. The Labute approximate surface area is 190 Å². The molecule has 5 rings (SSSR count). The highest BCUT2D eigenvalue weighted by atomic mass is 19.4. The van der Waals surface area contributed by atoms with Crippen LogP contribution in [0.3, 0.4) is 0 Å². The summed E-state index contributed by atoms with van der Waals surface area (Å²) in [4.78, 5) is 14.6. The molecule has 0 spiro atoms. The molecule has 1 saturated carbocycles. The number of hydrogen-bond acceptors (Lipinski definition) is 3. The monoisotopic (exact) mass is 454 g/mol. The van der Waals surface area contributed by atoms with E-state index >= 15 is 0 Å². The molecule has 1 atom stereocenters. The molecule has 0 saturated heterocycles. The summed E-state index contributed by atoms with van der Waals surface area (Å²) >= 11 is 0. The number of fused-ring (bicyclic) bond motifs is 1. The average molecular weight is 454 g/mol. The minimum Gasteiger partial charge on any atom is -0.320 e. The van der Waals surface area contributed by atoms with Crippen molar-refractivity contribution in [1.29, 1.82) is 0 Å². The zero-order chi connectivity index (χ0) is 23.5. The lowest BCUT2D eigenvalue weighted by molar-refractivity contribution is -0.138. The number of benzene rings is 2. The highest BCUT2D eigenvalue weighted by Crippen LogP contribution is 2.46. The van der Waals surface area contributed by atoms with Crippen LogP contribution < -0.4 is 4.90 Å². The SMILES string of the molecule is Cc1cc2c(c(C(F)(F)F)c1)CN(c1cccc(C(c3nncn3C)C3CC(C)C3)c1)C2=O. The molecule has 2 aromatic carbocycles. The highest BCUT2D eigenvalue weighted by Gasteiger charge is 2.41. The van der Waals surface area contributed by atoms with Crippen LogP contribution in [0.4, 0.5) is 18.9 Å². The molecule has 1 aliphatic heterocycles. The smallest absolute Gasteiger partial charge is 0.320 e. The summed E-state index contributed by atoms with van der Waals surface area (Å²) < 4.78 is 42.9. The van der Waals surface area contributed by atoms with Crippen LogP contribution in [0.1, 0.15) is 64.1 Å². The average Bonchev–Trinajstić information content (AvgIpc) is 3.30. The number of carbonyl (C=O) groups excluding carboxylic acids is 1. The second-order valence-electron chi connectivity index (χ2n) is 9.44.